The van der Waals surface area contributed by atoms with Gasteiger partial charge < -0.3 is 15.8 Å². The standard InChI is InChI=1S/C9H18N4O/c1-7-4-11-2-3-13(7)6-8-5-12-9(10)14-8/h7-8,11H,2-6H2,1H3,(H2,10,12). The second-order valence-electron chi connectivity index (χ2n) is 3.97. The van der Waals surface area contributed by atoms with Gasteiger partial charge in [-0.1, -0.05) is 0 Å². The average molecular weight is 198 g/mol. The fourth-order valence-electron chi connectivity index (χ4n) is 1.95. The highest BCUT2D eigenvalue weighted by molar-refractivity contribution is 5.73. The van der Waals surface area contributed by atoms with E-state index in [-0.39, 0.29) is 6.10 Å². The van der Waals surface area contributed by atoms with Crippen LogP contribution in [-0.2, 0) is 4.74 Å². The number of ether oxygens (including phenoxy) is 1. The molecule has 2 aliphatic rings. The van der Waals surface area contributed by atoms with Gasteiger partial charge in [-0.2, -0.15) is 0 Å². The highest BCUT2D eigenvalue weighted by Gasteiger charge is 2.25. The van der Waals surface area contributed by atoms with Gasteiger partial charge in [0.2, 0.25) is 0 Å². The van der Waals surface area contributed by atoms with E-state index >= 15 is 0 Å². The van der Waals surface area contributed by atoms with Crippen molar-refractivity contribution in [2.24, 2.45) is 10.7 Å². The number of piperazine rings is 1. The quantitative estimate of drug-likeness (QED) is 0.597. The Bertz CT molecular complexity index is 231. The average Bonchev–Trinajstić information content (AvgIpc) is 2.56. The molecule has 0 aromatic carbocycles. The number of hydrogen-bond acceptors (Lipinski definition) is 5. The molecule has 0 amide bonds. The van der Waals surface area contributed by atoms with E-state index < -0.39 is 0 Å². The SMILES string of the molecule is CC1CNCCN1CC1CN=C(N)O1. The molecule has 0 radical (unpaired) electrons. The lowest BCUT2D eigenvalue weighted by atomic mass is 10.2. The predicted octanol–water partition coefficient (Wildman–Crippen LogP) is -1.01. The first-order valence-electron chi connectivity index (χ1n) is 5.17. The van der Waals surface area contributed by atoms with Crippen LogP contribution in [-0.4, -0.2) is 55.8 Å². The lowest BCUT2D eigenvalue weighted by molar-refractivity contribution is 0.102. The number of amidine groups is 1. The maximum Gasteiger partial charge on any atom is 0.282 e. The predicted molar refractivity (Wildman–Crippen MR) is 55.3 cm³/mol. The van der Waals surface area contributed by atoms with Gasteiger partial charge in [-0.25, -0.2) is 4.99 Å². The van der Waals surface area contributed by atoms with Gasteiger partial charge in [-0.05, 0) is 6.92 Å². The molecule has 2 rings (SSSR count). The summed E-state index contributed by atoms with van der Waals surface area (Å²) in [4.78, 5) is 6.46. The Balaban J connectivity index is 1.79. The van der Waals surface area contributed by atoms with E-state index in [4.69, 9.17) is 10.5 Å². The summed E-state index contributed by atoms with van der Waals surface area (Å²) in [5.41, 5.74) is 5.46. The molecular weight excluding hydrogens is 180 g/mol. The zero-order valence-electron chi connectivity index (χ0n) is 8.57. The number of nitrogens with zero attached hydrogens (tertiary/aromatic N) is 2. The van der Waals surface area contributed by atoms with Gasteiger partial charge in [-0.3, -0.25) is 4.90 Å². The minimum absolute atomic E-state index is 0.163. The minimum atomic E-state index is 0.163. The van der Waals surface area contributed by atoms with Crippen LogP contribution in [0.25, 0.3) is 0 Å². The van der Waals surface area contributed by atoms with Crippen LogP contribution in [0.1, 0.15) is 6.92 Å². The molecule has 0 bridgehead atoms. The van der Waals surface area contributed by atoms with Gasteiger partial charge in [0, 0.05) is 32.2 Å². The van der Waals surface area contributed by atoms with Crippen molar-refractivity contribution in [2.75, 3.05) is 32.7 Å². The van der Waals surface area contributed by atoms with Crippen molar-refractivity contribution in [3.8, 4) is 0 Å². The number of rotatable bonds is 2. The fraction of sp³-hybridized carbons (Fsp3) is 0.889. The second-order valence-corrected chi connectivity index (χ2v) is 3.97. The van der Waals surface area contributed by atoms with E-state index in [1.54, 1.807) is 0 Å². The first-order valence-corrected chi connectivity index (χ1v) is 5.17. The van der Waals surface area contributed by atoms with Crippen molar-refractivity contribution >= 4 is 6.02 Å². The molecule has 0 aromatic rings. The molecule has 2 unspecified atom stereocenters. The molecule has 1 saturated heterocycles. The lowest BCUT2D eigenvalue weighted by Gasteiger charge is -2.34. The highest BCUT2D eigenvalue weighted by Crippen LogP contribution is 2.08. The van der Waals surface area contributed by atoms with Crippen LogP contribution in [0.2, 0.25) is 0 Å². The number of nitrogens with two attached hydrogens (primary N) is 1. The fourth-order valence-corrected chi connectivity index (χ4v) is 1.95. The van der Waals surface area contributed by atoms with Crippen LogP contribution in [0.5, 0.6) is 0 Å². The maximum absolute atomic E-state index is 5.46. The third-order valence-electron chi connectivity index (χ3n) is 2.82. The van der Waals surface area contributed by atoms with Crippen LogP contribution in [0, 0.1) is 0 Å². The van der Waals surface area contributed by atoms with Gasteiger partial charge in [0.15, 0.2) is 0 Å². The zero-order chi connectivity index (χ0) is 9.97. The Hall–Kier alpha value is -0.810. The number of aliphatic imine (C=N–C) groups is 1. The van der Waals surface area contributed by atoms with E-state index in [2.05, 4.69) is 22.1 Å². The van der Waals surface area contributed by atoms with Crippen LogP contribution in [0.3, 0.4) is 0 Å². The van der Waals surface area contributed by atoms with Gasteiger partial charge in [-0.15, -0.1) is 0 Å². The summed E-state index contributed by atoms with van der Waals surface area (Å²) in [7, 11) is 0. The van der Waals surface area contributed by atoms with E-state index in [1.807, 2.05) is 0 Å². The summed E-state index contributed by atoms with van der Waals surface area (Å²) >= 11 is 0. The summed E-state index contributed by atoms with van der Waals surface area (Å²) in [6, 6.07) is 0.923. The first kappa shape index (κ1) is 9.73. The molecular formula is C9H18N4O. The van der Waals surface area contributed by atoms with Crippen molar-refractivity contribution in [3.63, 3.8) is 0 Å². The summed E-state index contributed by atoms with van der Waals surface area (Å²) in [6.07, 6.45) is 0.163. The van der Waals surface area contributed by atoms with E-state index in [0.29, 0.717) is 18.6 Å². The smallest absolute Gasteiger partial charge is 0.282 e. The van der Waals surface area contributed by atoms with E-state index in [0.717, 1.165) is 26.2 Å². The maximum atomic E-state index is 5.46. The Kier molecular flexibility index (Phi) is 2.88. The summed E-state index contributed by atoms with van der Waals surface area (Å²) < 4.78 is 5.38. The van der Waals surface area contributed by atoms with Crippen LogP contribution >= 0.6 is 0 Å². The van der Waals surface area contributed by atoms with Crippen molar-refractivity contribution in [2.45, 2.75) is 19.1 Å². The van der Waals surface area contributed by atoms with Gasteiger partial charge in [0.05, 0.1) is 6.54 Å². The van der Waals surface area contributed by atoms with Crippen molar-refractivity contribution in [1.29, 1.82) is 0 Å². The Labute approximate surface area is 84.3 Å². The summed E-state index contributed by atoms with van der Waals surface area (Å²) in [6.45, 7) is 7.08. The second kappa shape index (κ2) is 4.14. The molecule has 14 heavy (non-hydrogen) atoms. The summed E-state index contributed by atoms with van der Waals surface area (Å²) in [5, 5.41) is 3.36. The van der Waals surface area contributed by atoms with Gasteiger partial charge in [0.25, 0.3) is 6.02 Å². The molecule has 5 heteroatoms. The first-order chi connectivity index (χ1) is 6.75. The van der Waals surface area contributed by atoms with Crippen LogP contribution < -0.4 is 11.1 Å². The Morgan fingerprint density at radius 2 is 2.57 bits per heavy atom. The Morgan fingerprint density at radius 1 is 1.71 bits per heavy atom. The lowest BCUT2D eigenvalue weighted by Crippen LogP contribution is -2.52. The topological polar surface area (TPSA) is 62.9 Å². The van der Waals surface area contributed by atoms with Crippen LogP contribution in [0.4, 0.5) is 0 Å². The molecule has 3 N–H and O–H groups in total. The Morgan fingerprint density at radius 3 is 3.21 bits per heavy atom. The number of hydrogen-bond donors (Lipinski definition) is 2. The molecule has 0 aromatic heterocycles. The molecule has 2 aliphatic heterocycles. The van der Waals surface area contributed by atoms with Crippen molar-refractivity contribution in [3.05, 3.63) is 0 Å². The van der Waals surface area contributed by atoms with Gasteiger partial charge in [0.1, 0.15) is 6.10 Å². The minimum Gasteiger partial charge on any atom is -0.459 e. The molecule has 2 atom stereocenters. The third-order valence-corrected chi connectivity index (χ3v) is 2.82. The summed E-state index contributed by atoms with van der Waals surface area (Å²) in [5.74, 6) is 0. The van der Waals surface area contributed by atoms with E-state index in [1.165, 1.54) is 0 Å². The van der Waals surface area contributed by atoms with Gasteiger partial charge >= 0.3 is 0 Å². The highest BCUT2D eigenvalue weighted by atomic mass is 16.5. The normalized spacial score (nSPS) is 33.9. The molecule has 0 aliphatic carbocycles. The zero-order valence-corrected chi connectivity index (χ0v) is 8.57. The molecule has 1 fully saturated rings. The largest absolute Gasteiger partial charge is 0.459 e. The monoisotopic (exact) mass is 198 g/mol. The molecule has 0 saturated carbocycles. The number of nitrogens with one attached hydrogen (secondary N) is 1. The van der Waals surface area contributed by atoms with Crippen LogP contribution in [0.15, 0.2) is 4.99 Å². The third kappa shape index (κ3) is 2.16. The van der Waals surface area contributed by atoms with Crippen molar-refractivity contribution in [1.82, 2.24) is 10.2 Å². The molecule has 2 heterocycles. The van der Waals surface area contributed by atoms with E-state index in [9.17, 15) is 0 Å². The molecule has 0 spiro atoms. The molecule has 5 nitrogen and oxygen atoms in total. The van der Waals surface area contributed by atoms with Crippen molar-refractivity contribution < 1.29 is 4.74 Å². The molecule has 80 valence electrons.